The van der Waals surface area contributed by atoms with Crippen molar-refractivity contribution in [2.24, 2.45) is 0 Å². The zero-order valence-corrected chi connectivity index (χ0v) is 9.06. The molecule has 13 heavy (non-hydrogen) atoms. The van der Waals surface area contributed by atoms with Gasteiger partial charge in [-0.2, -0.15) is 17.0 Å². The summed E-state index contributed by atoms with van der Waals surface area (Å²) in [7, 11) is 1.75. The summed E-state index contributed by atoms with van der Waals surface area (Å²) in [6.07, 6.45) is 1.00. The third-order valence-electron chi connectivity index (χ3n) is 1.65. The van der Waals surface area contributed by atoms with Crippen molar-refractivity contribution < 1.29 is 4.79 Å². The van der Waals surface area contributed by atoms with Crippen LogP contribution in [-0.2, 0) is 4.79 Å². The maximum Gasteiger partial charge on any atom is 0.223 e. The highest BCUT2D eigenvalue weighted by Gasteiger charge is 2.06. The van der Waals surface area contributed by atoms with Crippen molar-refractivity contribution in [3.05, 3.63) is 0 Å². The second kappa shape index (κ2) is 7.93. The molecule has 0 unspecified atom stereocenters. The van der Waals surface area contributed by atoms with Gasteiger partial charge in [0.05, 0.1) is 12.5 Å². The lowest BCUT2D eigenvalue weighted by Crippen LogP contribution is -2.27. The van der Waals surface area contributed by atoms with Crippen LogP contribution in [0.25, 0.3) is 0 Å². The lowest BCUT2D eigenvalue weighted by atomic mass is 10.3. The van der Waals surface area contributed by atoms with Gasteiger partial charge in [-0.15, -0.1) is 0 Å². The molecule has 0 rings (SSSR count). The van der Waals surface area contributed by atoms with E-state index in [0.29, 0.717) is 19.4 Å². The molecule has 0 fully saturated rings. The molecule has 0 aromatic carbocycles. The number of rotatable bonds is 6. The van der Waals surface area contributed by atoms with Crippen LogP contribution in [0, 0.1) is 11.3 Å². The average Bonchev–Trinajstić information content (AvgIpc) is 2.14. The molecule has 0 aliphatic heterocycles. The van der Waals surface area contributed by atoms with Crippen LogP contribution in [0.1, 0.15) is 19.8 Å². The van der Waals surface area contributed by atoms with Crippen molar-refractivity contribution in [2.75, 3.05) is 25.1 Å². The van der Waals surface area contributed by atoms with Crippen molar-refractivity contribution in [2.45, 2.75) is 19.8 Å². The molecular weight excluding hydrogens is 184 g/mol. The summed E-state index contributed by atoms with van der Waals surface area (Å²) in [6.45, 7) is 2.63. The molecule has 0 aliphatic rings. The van der Waals surface area contributed by atoms with Crippen LogP contribution in [0.3, 0.4) is 0 Å². The van der Waals surface area contributed by atoms with Crippen LogP contribution in [0.4, 0.5) is 0 Å². The standard InChI is InChI=1S/C9H16N2OS/c1-3-13-8-5-9(12)11(2)7-4-6-10/h3-5,7-8H2,1-2H3. The van der Waals surface area contributed by atoms with E-state index in [9.17, 15) is 4.79 Å². The third kappa shape index (κ3) is 6.47. The molecule has 74 valence electrons. The summed E-state index contributed by atoms with van der Waals surface area (Å²) >= 11 is 1.77. The Labute approximate surface area is 84.1 Å². The second-order valence-corrected chi connectivity index (χ2v) is 4.06. The van der Waals surface area contributed by atoms with E-state index in [0.717, 1.165) is 11.5 Å². The minimum Gasteiger partial charge on any atom is -0.345 e. The van der Waals surface area contributed by atoms with Gasteiger partial charge in [0.25, 0.3) is 0 Å². The molecule has 0 aliphatic carbocycles. The van der Waals surface area contributed by atoms with Crippen molar-refractivity contribution in [1.82, 2.24) is 4.90 Å². The van der Waals surface area contributed by atoms with E-state index in [1.165, 1.54) is 0 Å². The Balaban J connectivity index is 3.52. The highest BCUT2D eigenvalue weighted by Crippen LogP contribution is 2.02. The van der Waals surface area contributed by atoms with Gasteiger partial charge in [-0.05, 0) is 5.75 Å². The minimum absolute atomic E-state index is 0.135. The SMILES string of the molecule is CCSCCC(=O)N(C)CCC#N. The van der Waals surface area contributed by atoms with Crippen molar-refractivity contribution in [1.29, 1.82) is 5.26 Å². The quantitative estimate of drug-likeness (QED) is 0.610. The number of thioether (sulfide) groups is 1. The molecule has 0 aromatic heterocycles. The summed E-state index contributed by atoms with van der Waals surface area (Å²) in [4.78, 5) is 13.0. The van der Waals surface area contributed by atoms with Gasteiger partial charge >= 0.3 is 0 Å². The highest BCUT2D eigenvalue weighted by molar-refractivity contribution is 7.99. The van der Waals surface area contributed by atoms with Gasteiger partial charge < -0.3 is 4.90 Å². The summed E-state index contributed by atoms with van der Waals surface area (Å²) in [5, 5.41) is 8.32. The fourth-order valence-corrected chi connectivity index (χ4v) is 1.44. The summed E-state index contributed by atoms with van der Waals surface area (Å²) in [6, 6.07) is 2.02. The molecule has 0 aromatic rings. The Morgan fingerprint density at radius 2 is 2.31 bits per heavy atom. The maximum atomic E-state index is 11.3. The number of hydrogen-bond acceptors (Lipinski definition) is 3. The number of carbonyl (C=O) groups is 1. The van der Waals surface area contributed by atoms with Gasteiger partial charge in [-0.3, -0.25) is 4.79 Å². The number of hydrogen-bond donors (Lipinski definition) is 0. The normalized spacial score (nSPS) is 9.31. The van der Waals surface area contributed by atoms with Crippen LogP contribution >= 0.6 is 11.8 Å². The van der Waals surface area contributed by atoms with Crippen LogP contribution in [0.15, 0.2) is 0 Å². The first-order chi connectivity index (χ1) is 6.22. The zero-order valence-electron chi connectivity index (χ0n) is 8.25. The number of carbonyl (C=O) groups excluding carboxylic acids is 1. The van der Waals surface area contributed by atoms with E-state index in [1.54, 1.807) is 23.7 Å². The minimum atomic E-state index is 0.135. The zero-order chi connectivity index (χ0) is 10.1. The molecular formula is C9H16N2OS. The van der Waals surface area contributed by atoms with Crippen LogP contribution in [-0.4, -0.2) is 35.9 Å². The highest BCUT2D eigenvalue weighted by atomic mass is 32.2. The van der Waals surface area contributed by atoms with Crippen LogP contribution in [0.2, 0.25) is 0 Å². The van der Waals surface area contributed by atoms with E-state index in [2.05, 4.69) is 6.92 Å². The predicted octanol–water partition coefficient (Wildman–Crippen LogP) is 1.50. The Hall–Kier alpha value is -0.690. The van der Waals surface area contributed by atoms with Crippen molar-refractivity contribution in [3.63, 3.8) is 0 Å². The van der Waals surface area contributed by atoms with E-state index >= 15 is 0 Å². The molecule has 0 spiro atoms. The smallest absolute Gasteiger partial charge is 0.223 e. The van der Waals surface area contributed by atoms with E-state index in [-0.39, 0.29) is 5.91 Å². The lowest BCUT2D eigenvalue weighted by molar-refractivity contribution is -0.129. The Morgan fingerprint density at radius 1 is 1.62 bits per heavy atom. The molecule has 0 saturated carbocycles. The topological polar surface area (TPSA) is 44.1 Å². The third-order valence-corrected chi connectivity index (χ3v) is 2.55. The van der Waals surface area contributed by atoms with Gasteiger partial charge in [-0.25, -0.2) is 0 Å². The molecule has 1 amide bonds. The average molecular weight is 200 g/mol. The second-order valence-electron chi connectivity index (χ2n) is 2.67. The van der Waals surface area contributed by atoms with Crippen LogP contribution < -0.4 is 0 Å². The van der Waals surface area contributed by atoms with E-state index < -0.39 is 0 Å². The molecule has 0 saturated heterocycles. The first kappa shape index (κ1) is 12.3. The lowest BCUT2D eigenvalue weighted by Gasteiger charge is -2.14. The molecule has 4 heteroatoms. The molecule has 0 atom stereocenters. The monoisotopic (exact) mass is 200 g/mol. The van der Waals surface area contributed by atoms with Crippen molar-refractivity contribution >= 4 is 17.7 Å². The molecule has 3 nitrogen and oxygen atoms in total. The first-order valence-electron chi connectivity index (χ1n) is 4.41. The van der Waals surface area contributed by atoms with Gasteiger partial charge in [0.2, 0.25) is 5.91 Å². The van der Waals surface area contributed by atoms with Gasteiger partial charge in [-0.1, -0.05) is 6.92 Å². The van der Waals surface area contributed by atoms with Crippen LogP contribution in [0.5, 0.6) is 0 Å². The molecule has 0 N–H and O–H groups in total. The summed E-state index contributed by atoms with van der Waals surface area (Å²) < 4.78 is 0. The Kier molecular flexibility index (Phi) is 7.51. The van der Waals surface area contributed by atoms with Gasteiger partial charge in [0.1, 0.15) is 0 Å². The Bertz CT molecular complexity index is 189. The number of nitrogens with zero attached hydrogens (tertiary/aromatic N) is 2. The summed E-state index contributed by atoms with van der Waals surface area (Å²) in [5.41, 5.74) is 0. The Morgan fingerprint density at radius 3 is 2.85 bits per heavy atom. The molecule has 0 bridgehead atoms. The first-order valence-corrected chi connectivity index (χ1v) is 5.56. The molecule has 0 radical (unpaired) electrons. The summed E-state index contributed by atoms with van der Waals surface area (Å²) in [5.74, 6) is 2.07. The van der Waals surface area contributed by atoms with E-state index in [4.69, 9.17) is 5.26 Å². The van der Waals surface area contributed by atoms with E-state index in [1.807, 2.05) is 6.07 Å². The largest absolute Gasteiger partial charge is 0.345 e. The van der Waals surface area contributed by atoms with Gasteiger partial charge in [0, 0.05) is 25.8 Å². The fraction of sp³-hybridized carbons (Fsp3) is 0.778. The number of amides is 1. The predicted molar refractivity (Wildman–Crippen MR) is 55.5 cm³/mol. The maximum absolute atomic E-state index is 11.3. The van der Waals surface area contributed by atoms with Gasteiger partial charge in [0.15, 0.2) is 0 Å². The fourth-order valence-electron chi connectivity index (χ4n) is 0.837. The number of nitriles is 1. The molecule has 0 heterocycles. The van der Waals surface area contributed by atoms with Crippen molar-refractivity contribution in [3.8, 4) is 6.07 Å².